The fraction of sp³-hybridized carbons (Fsp3) is 0.222. The molecular formula is C18H16ClN3O3S2. The van der Waals surface area contributed by atoms with Crippen molar-refractivity contribution >= 4 is 59.9 Å². The van der Waals surface area contributed by atoms with Crippen LogP contribution in [-0.4, -0.2) is 31.6 Å². The number of fused-ring (bicyclic) bond motifs is 2. The third-order valence-corrected chi connectivity index (χ3v) is 6.86. The molecule has 0 fully saturated rings. The van der Waals surface area contributed by atoms with Gasteiger partial charge in [0.25, 0.3) is 5.91 Å². The standard InChI is InChI=1S/C18H16ClN3O3S2/c1-10-7-12-8-11(3-6-15(12)22(10)27(2,24)25)17(23)21-18-20-14-5-4-13(19)9-16(14)26-18/h3-6,8-10H,7H2,1-2H3,(H,20,21,23). The molecule has 6 nitrogen and oxygen atoms in total. The minimum atomic E-state index is -3.35. The van der Waals surface area contributed by atoms with E-state index >= 15 is 0 Å². The van der Waals surface area contributed by atoms with Gasteiger partial charge in [-0.1, -0.05) is 22.9 Å². The highest BCUT2D eigenvalue weighted by atomic mass is 35.5. The molecule has 4 rings (SSSR count). The molecule has 140 valence electrons. The van der Waals surface area contributed by atoms with Gasteiger partial charge >= 0.3 is 0 Å². The zero-order valence-electron chi connectivity index (χ0n) is 14.6. The first-order chi connectivity index (χ1) is 12.7. The zero-order valence-corrected chi connectivity index (χ0v) is 17.0. The smallest absolute Gasteiger partial charge is 0.257 e. The molecule has 0 saturated carbocycles. The summed E-state index contributed by atoms with van der Waals surface area (Å²) >= 11 is 7.33. The summed E-state index contributed by atoms with van der Waals surface area (Å²) in [6, 6.07) is 10.3. The lowest BCUT2D eigenvalue weighted by Crippen LogP contribution is -2.34. The van der Waals surface area contributed by atoms with E-state index in [9.17, 15) is 13.2 Å². The van der Waals surface area contributed by atoms with Gasteiger partial charge in [-0.15, -0.1) is 0 Å². The summed E-state index contributed by atoms with van der Waals surface area (Å²) in [5.74, 6) is -0.284. The Morgan fingerprint density at radius 3 is 2.81 bits per heavy atom. The highest BCUT2D eigenvalue weighted by molar-refractivity contribution is 7.92. The third kappa shape index (κ3) is 3.40. The zero-order chi connectivity index (χ0) is 19.3. The molecule has 27 heavy (non-hydrogen) atoms. The van der Waals surface area contributed by atoms with Crippen LogP contribution < -0.4 is 9.62 Å². The Bertz CT molecular complexity index is 1170. The fourth-order valence-corrected chi connectivity index (χ4v) is 5.77. The van der Waals surface area contributed by atoms with Crippen molar-refractivity contribution in [3.8, 4) is 0 Å². The minimum absolute atomic E-state index is 0.165. The predicted octanol–water partition coefficient (Wildman–Crippen LogP) is 3.91. The Hall–Kier alpha value is -2.16. The van der Waals surface area contributed by atoms with E-state index in [2.05, 4.69) is 10.3 Å². The summed E-state index contributed by atoms with van der Waals surface area (Å²) in [6.07, 6.45) is 1.77. The lowest BCUT2D eigenvalue weighted by Gasteiger charge is -2.21. The van der Waals surface area contributed by atoms with Crippen molar-refractivity contribution < 1.29 is 13.2 Å². The van der Waals surface area contributed by atoms with Gasteiger partial charge in [0.1, 0.15) is 0 Å². The number of hydrogen-bond donors (Lipinski definition) is 1. The first-order valence-corrected chi connectivity index (χ1v) is 11.3. The number of sulfonamides is 1. The van der Waals surface area contributed by atoms with Crippen LogP contribution in [0, 0.1) is 0 Å². The summed E-state index contributed by atoms with van der Waals surface area (Å²) in [7, 11) is -3.35. The Morgan fingerprint density at radius 2 is 2.07 bits per heavy atom. The lowest BCUT2D eigenvalue weighted by atomic mass is 10.1. The van der Waals surface area contributed by atoms with Crippen LogP contribution in [0.1, 0.15) is 22.8 Å². The minimum Gasteiger partial charge on any atom is -0.298 e. The van der Waals surface area contributed by atoms with E-state index in [0.29, 0.717) is 27.8 Å². The van der Waals surface area contributed by atoms with Gasteiger partial charge in [0.05, 0.1) is 22.2 Å². The van der Waals surface area contributed by atoms with E-state index in [1.54, 1.807) is 36.4 Å². The molecule has 0 bridgehead atoms. The number of thiazole rings is 1. The van der Waals surface area contributed by atoms with Crippen molar-refractivity contribution in [2.75, 3.05) is 15.9 Å². The van der Waals surface area contributed by atoms with Crippen LogP contribution in [-0.2, 0) is 16.4 Å². The number of carbonyl (C=O) groups is 1. The molecule has 1 aromatic heterocycles. The van der Waals surface area contributed by atoms with Crippen molar-refractivity contribution in [2.24, 2.45) is 0 Å². The summed E-state index contributed by atoms with van der Waals surface area (Å²) in [5.41, 5.74) is 2.72. The Morgan fingerprint density at radius 1 is 1.30 bits per heavy atom. The van der Waals surface area contributed by atoms with E-state index in [4.69, 9.17) is 11.6 Å². The molecule has 0 aliphatic carbocycles. The van der Waals surface area contributed by atoms with Gasteiger partial charge in [-0.25, -0.2) is 13.4 Å². The molecule has 1 aliphatic heterocycles. The number of rotatable bonds is 3. The van der Waals surface area contributed by atoms with Crippen LogP contribution in [0.4, 0.5) is 10.8 Å². The molecule has 0 saturated heterocycles. The van der Waals surface area contributed by atoms with Crippen LogP contribution in [0.2, 0.25) is 5.02 Å². The van der Waals surface area contributed by atoms with Crippen LogP contribution >= 0.6 is 22.9 Å². The maximum atomic E-state index is 12.6. The van der Waals surface area contributed by atoms with E-state index in [-0.39, 0.29) is 11.9 Å². The highest BCUT2D eigenvalue weighted by Gasteiger charge is 2.32. The van der Waals surface area contributed by atoms with Crippen molar-refractivity contribution in [1.82, 2.24) is 4.98 Å². The topological polar surface area (TPSA) is 79.4 Å². The maximum Gasteiger partial charge on any atom is 0.257 e. The molecule has 3 aromatic rings. The number of carbonyl (C=O) groups excluding carboxylic acids is 1. The number of anilines is 2. The number of nitrogens with one attached hydrogen (secondary N) is 1. The van der Waals surface area contributed by atoms with E-state index in [1.165, 1.54) is 21.9 Å². The highest BCUT2D eigenvalue weighted by Crippen LogP contribution is 2.35. The molecule has 1 unspecified atom stereocenters. The molecule has 1 aliphatic rings. The average Bonchev–Trinajstić information content (AvgIpc) is 3.11. The number of amides is 1. The third-order valence-electron chi connectivity index (χ3n) is 4.42. The summed E-state index contributed by atoms with van der Waals surface area (Å²) in [4.78, 5) is 17.0. The summed E-state index contributed by atoms with van der Waals surface area (Å²) < 4.78 is 26.3. The van der Waals surface area contributed by atoms with E-state index in [0.717, 1.165) is 15.8 Å². The number of halogens is 1. The average molecular weight is 422 g/mol. The van der Waals surface area contributed by atoms with Crippen molar-refractivity contribution in [3.05, 3.63) is 52.5 Å². The van der Waals surface area contributed by atoms with Crippen LogP contribution in [0.5, 0.6) is 0 Å². The Labute approximate surface area is 165 Å². The van der Waals surface area contributed by atoms with Crippen LogP contribution in [0.15, 0.2) is 36.4 Å². The second kappa shape index (κ2) is 6.47. The fourth-order valence-electron chi connectivity index (χ4n) is 3.37. The van der Waals surface area contributed by atoms with Gasteiger partial charge in [-0.3, -0.25) is 14.4 Å². The molecule has 9 heteroatoms. The molecule has 1 amide bonds. The lowest BCUT2D eigenvalue weighted by molar-refractivity contribution is 0.102. The molecule has 2 heterocycles. The molecule has 1 N–H and O–H groups in total. The SMILES string of the molecule is CC1Cc2cc(C(=O)Nc3nc4ccc(Cl)cc4s3)ccc2N1S(C)(=O)=O. The van der Waals surface area contributed by atoms with Crippen molar-refractivity contribution in [1.29, 1.82) is 0 Å². The second-order valence-corrected chi connectivity index (χ2v) is 9.87. The summed E-state index contributed by atoms with van der Waals surface area (Å²) in [6.45, 7) is 1.85. The first-order valence-electron chi connectivity index (χ1n) is 8.22. The van der Waals surface area contributed by atoms with E-state index in [1.807, 2.05) is 6.92 Å². The molecule has 0 radical (unpaired) electrons. The van der Waals surface area contributed by atoms with Gasteiger partial charge in [0, 0.05) is 16.6 Å². The van der Waals surface area contributed by atoms with E-state index < -0.39 is 10.0 Å². The molecular weight excluding hydrogens is 406 g/mol. The van der Waals surface area contributed by atoms with Crippen molar-refractivity contribution in [2.45, 2.75) is 19.4 Å². The van der Waals surface area contributed by atoms with Crippen molar-refractivity contribution in [3.63, 3.8) is 0 Å². The Balaban J connectivity index is 1.60. The largest absolute Gasteiger partial charge is 0.298 e. The molecule has 2 aromatic carbocycles. The monoisotopic (exact) mass is 421 g/mol. The normalized spacial score (nSPS) is 16.6. The van der Waals surface area contributed by atoms with Gasteiger partial charge in [-0.2, -0.15) is 0 Å². The predicted molar refractivity (Wildman–Crippen MR) is 110 cm³/mol. The second-order valence-electron chi connectivity index (χ2n) is 6.54. The van der Waals surface area contributed by atoms with Gasteiger partial charge in [0.15, 0.2) is 5.13 Å². The first kappa shape index (κ1) is 18.2. The number of hydrogen-bond acceptors (Lipinski definition) is 5. The number of aromatic nitrogens is 1. The molecule has 0 spiro atoms. The van der Waals surface area contributed by atoms with Crippen LogP contribution in [0.25, 0.3) is 10.2 Å². The molecule has 1 atom stereocenters. The van der Waals surface area contributed by atoms with Gasteiger partial charge in [-0.05, 0) is 55.3 Å². The number of benzene rings is 2. The van der Waals surface area contributed by atoms with Gasteiger partial charge < -0.3 is 0 Å². The Kier molecular flexibility index (Phi) is 4.37. The number of nitrogens with zero attached hydrogens (tertiary/aromatic N) is 2. The van der Waals surface area contributed by atoms with Crippen LogP contribution in [0.3, 0.4) is 0 Å². The van der Waals surface area contributed by atoms with Gasteiger partial charge in [0.2, 0.25) is 10.0 Å². The maximum absolute atomic E-state index is 12.6. The quantitative estimate of drug-likeness (QED) is 0.695. The summed E-state index contributed by atoms with van der Waals surface area (Å²) in [5, 5.41) is 3.91.